The maximum absolute atomic E-state index is 12.6. The lowest BCUT2D eigenvalue weighted by atomic mass is 10.1. The van der Waals surface area contributed by atoms with Gasteiger partial charge in [0.15, 0.2) is 0 Å². The molecular formula is C23H27F3O5S. The van der Waals surface area contributed by atoms with E-state index in [4.69, 9.17) is 19.1 Å². The summed E-state index contributed by atoms with van der Waals surface area (Å²) in [6, 6.07) is 10.4. The summed E-state index contributed by atoms with van der Waals surface area (Å²) in [6.45, 7) is 6.55. The van der Waals surface area contributed by atoms with Crippen LogP contribution in [0.15, 0.2) is 47.4 Å². The van der Waals surface area contributed by atoms with Gasteiger partial charge in [-0.2, -0.15) is 22.8 Å². The minimum Gasteiger partial charge on any atom is -0.493 e. The van der Waals surface area contributed by atoms with E-state index in [-0.39, 0.29) is 12.8 Å². The zero-order valence-corrected chi connectivity index (χ0v) is 19.0. The second-order valence-corrected chi connectivity index (χ2v) is 8.09. The zero-order chi connectivity index (χ0) is 24.2. The molecule has 2 aromatic carbocycles. The first-order valence-electron chi connectivity index (χ1n) is 9.96. The number of carbonyl (C=O) groups excluding carboxylic acids is 2. The van der Waals surface area contributed by atoms with Crippen molar-refractivity contribution >= 4 is 17.9 Å². The number of benzene rings is 2. The van der Waals surface area contributed by atoms with Crippen LogP contribution in [0.4, 0.5) is 13.2 Å². The van der Waals surface area contributed by atoms with Crippen molar-refractivity contribution in [2.24, 2.45) is 0 Å². The molecule has 2 aromatic rings. The third-order valence-electron chi connectivity index (χ3n) is 4.46. The lowest BCUT2D eigenvalue weighted by Gasteiger charge is -2.26. The minimum atomic E-state index is -4.38. The van der Waals surface area contributed by atoms with Crippen molar-refractivity contribution in [2.45, 2.75) is 50.3 Å². The van der Waals surface area contributed by atoms with Crippen LogP contribution in [0.1, 0.15) is 37.8 Å². The molecule has 176 valence electrons. The molecule has 0 aliphatic carbocycles. The van der Waals surface area contributed by atoms with Crippen LogP contribution in [0.25, 0.3) is 0 Å². The normalized spacial score (nSPS) is 12.7. The van der Waals surface area contributed by atoms with Gasteiger partial charge in [-0.25, -0.2) is 0 Å². The highest BCUT2D eigenvalue weighted by Crippen LogP contribution is 2.32. The number of ether oxygens (including phenoxy) is 2. The molecule has 0 aromatic heterocycles. The van der Waals surface area contributed by atoms with Gasteiger partial charge in [-0.3, -0.25) is 0 Å². The van der Waals surface area contributed by atoms with Crippen LogP contribution < -0.4 is 9.47 Å². The fourth-order valence-electron chi connectivity index (χ4n) is 2.51. The van der Waals surface area contributed by atoms with Crippen LogP contribution in [0.5, 0.6) is 11.5 Å². The number of hydrogen-bond donors (Lipinski definition) is 1. The maximum atomic E-state index is 12.6. The Morgan fingerprint density at radius 1 is 1.03 bits per heavy atom. The van der Waals surface area contributed by atoms with Gasteiger partial charge in [0.1, 0.15) is 23.7 Å². The Labute approximate surface area is 189 Å². The number of rotatable bonds is 10. The molecule has 2 rings (SSSR count). The van der Waals surface area contributed by atoms with Crippen molar-refractivity contribution in [1.29, 1.82) is 0 Å². The highest BCUT2D eigenvalue weighted by Gasteiger charge is 2.30. The fourth-order valence-corrected chi connectivity index (χ4v) is 3.65. The molecule has 0 saturated heterocycles. The van der Waals surface area contributed by atoms with E-state index in [1.165, 1.54) is 23.9 Å². The van der Waals surface area contributed by atoms with E-state index >= 15 is 0 Å². The van der Waals surface area contributed by atoms with Crippen molar-refractivity contribution in [3.8, 4) is 11.5 Å². The molecule has 1 unspecified atom stereocenters. The monoisotopic (exact) mass is 472 g/mol. The predicted molar refractivity (Wildman–Crippen MR) is 115 cm³/mol. The average molecular weight is 473 g/mol. The van der Waals surface area contributed by atoms with Crippen molar-refractivity contribution in [2.75, 3.05) is 19.0 Å². The lowest BCUT2D eigenvalue weighted by molar-refractivity contribution is -0.191. The van der Waals surface area contributed by atoms with E-state index in [0.29, 0.717) is 24.5 Å². The Morgan fingerprint density at radius 2 is 1.66 bits per heavy atom. The molecule has 5 nitrogen and oxygen atoms in total. The first-order chi connectivity index (χ1) is 15.1. The van der Waals surface area contributed by atoms with Crippen LogP contribution in [0, 0.1) is 6.92 Å². The molecule has 32 heavy (non-hydrogen) atoms. The number of halogens is 3. The molecule has 0 bridgehead atoms. The molecule has 0 aliphatic heterocycles. The molecule has 0 aliphatic rings. The smallest absolute Gasteiger partial charge is 0.416 e. The molecule has 9 heteroatoms. The van der Waals surface area contributed by atoms with Gasteiger partial charge in [-0.1, -0.05) is 13.8 Å². The van der Waals surface area contributed by atoms with Gasteiger partial charge in [0.2, 0.25) is 0 Å². The molecule has 0 fully saturated rings. The minimum absolute atomic E-state index is 0.00145. The van der Waals surface area contributed by atoms with Crippen LogP contribution in [0.2, 0.25) is 0 Å². The lowest BCUT2D eigenvalue weighted by Crippen LogP contribution is -2.38. The first kappa shape index (κ1) is 27.6. The second kappa shape index (κ2) is 13.2. The summed E-state index contributed by atoms with van der Waals surface area (Å²) in [5, 5.41) is 10.8. The topological polar surface area (TPSA) is 72.8 Å². The summed E-state index contributed by atoms with van der Waals surface area (Å²) in [6.07, 6.45) is -2.73. The summed E-state index contributed by atoms with van der Waals surface area (Å²) in [5.74, 6) is 1.55. The molecule has 1 atom stereocenters. The second-order valence-electron chi connectivity index (χ2n) is 7.04. The summed E-state index contributed by atoms with van der Waals surface area (Å²) in [5.41, 5.74) is -0.795. The number of aliphatic hydroxyl groups is 1. The van der Waals surface area contributed by atoms with Gasteiger partial charge in [0.05, 0.1) is 12.2 Å². The van der Waals surface area contributed by atoms with Gasteiger partial charge >= 0.3 is 12.3 Å². The molecule has 0 heterocycles. The van der Waals surface area contributed by atoms with E-state index in [0.717, 1.165) is 34.8 Å². The number of thioether (sulfide) groups is 1. The van der Waals surface area contributed by atoms with E-state index in [1.54, 1.807) is 0 Å². The Bertz CT molecular complexity index is 865. The Morgan fingerprint density at radius 3 is 2.16 bits per heavy atom. The molecular weight excluding hydrogens is 445 g/mol. The van der Waals surface area contributed by atoms with Crippen molar-refractivity contribution < 1.29 is 37.3 Å². The van der Waals surface area contributed by atoms with Crippen LogP contribution >= 0.6 is 11.8 Å². The third-order valence-corrected chi connectivity index (χ3v) is 5.73. The van der Waals surface area contributed by atoms with E-state index in [9.17, 15) is 18.3 Å². The van der Waals surface area contributed by atoms with Gasteiger partial charge in [0.25, 0.3) is 0 Å². The molecule has 1 N–H and O–H groups in total. The van der Waals surface area contributed by atoms with Crippen molar-refractivity contribution in [3.63, 3.8) is 0 Å². The Hall–Kier alpha value is -2.48. The van der Waals surface area contributed by atoms with E-state index in [2.05, 4.69) is 6.92 Å². The number of alkyl halides is 3. The van der Waals surface area contributed by atoms with Crippen molar-refractivity contribution in [1.82, 2.24) is 0 Å². The van der Waals surface area contributed by atoms with E-state index in [1.807, 2.05) is 32.0 Å². The summed E-state index contributed by atoms with van der Waals surface area (Å²) in [4.78, 5) is 17.3. The summed E-state index contributed by atoms with van der Waals surface area (Å²) < 4.78 is 49.1. The van der Waals surface area contributed by atoms with Gasteiger partial charge in [-0.15, -0.1) is 11.8 Å². The standard InChI is InChI=1S/C22H27F3O3S.CO2/c1-4-12-27-20-11-10-19(13-16(20)3)29-15-21(26,5-2)14-28-18-8-6-17(7-9-18)22(23,24)25;2-1-3/h6-11,13,26H,4-5,12,14-15H2,1-3H3;. The van der Waals surface area contributed by atoms with Crippen LogP contribution in [0.3, 0.4) is 0 Å². The first-order valence-corrected chi connectivity index (χ1v) is 10.9. The zero-order valence-electron chi connectivity index (χ0n) is 18.2. The maximum Gasteiger partial charge on any atom is 0.416 e. The van der Waals surface area contributed by atoms with Crippen molar-refractivity contribution in [3.05, 3.63) is 53.6 Å². The highest BCUT2D eigenvalue weighted by molar-refractivity contribution is 7.99. The Balaban J connectivity index is 0.00000161. The molecule has 0 saturated carbocycles. The fraction of sp³-hybridized carbons (Fsp3) is 0.435. The van der Waals surface area contributed by atoms with Crippen LogP contribution in [-0.4, -0.2) is 35.8 Å². The summed E-state index contributed by atoms with van der Waals surface area (Å²) in [7, 11) is 0. The molecule has 0 radical (unpaired) electrons. The number of aryl methyl sites for hydroxylation is 1. The highest BCUT2D eigenvalue weighted by atomic mass is 32.2. The average Bonchev–Trinajstić information content (AvgIpc) is 2.76. The predicted octanol–water partition coefficient (Wildman–Crippen LogP) is 5.53. The summed E-state index contributed by atoms with van der Waals surface area (Å²) >= 11 is 1.51. The SMILES string of the molecule is CCCOc1ccc(SCC(O)(CC)COc2ccc(C(F)(F)F)cc2)cc1C.O=C=O. The van der Waals surface area contributed by atoms with Crippen LogP contribution in [-0.2, 0) is 15.8 Å². The largest absolute Gasteiger partial charge is 0.493 e. The molecule has 0 spiro atoms. The Kier molecular flexibility index (Phi) is 11.3. The van der Waals surface area contributed by atoms with Gasteiger partial charge < -0.3 is 14.6 Å². The number of hydrogen-bond acceptors (Lipinski definition) is 6. The third kappa shape index (κ3) is 9.34. The quantitative estimate of drug-likeness (QED) is 0.459. The van der Waals surface area contributed by atoms with Gasteiger partial charge in [-0.05, 0) is 67.8 Å². The van der Waals surface area contributed by atoms with Gasteiger partial charge in [0, 0.05) is 10.6 Å². The molecule has 0 amide bonds. The van der Waals surface area contributed by atoms with E-state index < -0.39 is 17.3 Å².